The van der Waals surface area contributed by atoms with E-state index in [1.165, 1.54) is 11.8 Å². The minimum atomic E-state index is -0.321. The number of nitrogens with one attached hydrogen (secondary N) is 1. The highest BCUT2D eigenvalue weighted by Crippen LogP contribution is 2.10. The molecule has 0 unspecified atom stereocenters. The van der Waals surface area contributed by atoms with Crippen LogP contribution in [-0.2, 0) is 14.3 Å². The third-order valence-corrected chi connectivity index (χ3v) is 2.96. The molecular weight excluding hydrogens is 264 g/mol. The molecule has 0 heterocycles. The fraction of sp³-hybridized carbons (Fsp3) is 0.308. The zero-order valence-corrected chi connectivity index (χ0v) is 11.3. The van der Waals surface area contributed by atoms with Crippen molar-refractivity contribution in [1.82, 2.24) is 0 Å². The maximum Gasteiger partial charge on any atom is 0.315 e. The van der Waals surface area contributed by atoms with Crippen molar-refractivity contribution in [3.05, 3.63) is 29.8 Å². The van der Waals surface area contributed by atoms with Crippen LogP contribution in [0.3, 0.4) is 0 Å². The molecule has 1 rings (SSSR count). The van der Waals surface area contributed by atoms with Crippen LogP contribution in [0.4, 0.5) is 5.69 Å². The molecule has 0 radical (unpaired) electrons. The van der Waals surface area contributed by atoms with Gasteiger partial charge >= 0.3 is 5.97 Å². The van der Waals surface area contributed by atoms with Gasteiger partial charge in [-0.15, -0.1) is 11.8 Å². The molecule has 0 fully saturated rings. The normalized spacial score (nSPS) is 9.47. The summed E-state index contributed by atoms with van der Waals surface area (Å²) in [4.78, 5) is 22.6. The van der Waals surface area contributed by atoms with Gasteiger partial charge in [0.1, 0.15) is 0 Å². The lowest BCUT2D eigenvalue weighted by Gasteiger charge is -2.05. The molecule has 0 aromatic heterocycles. The van der Waals surface area contributed by atoms with E-state index >= 15 is 0 Å². The Morgan fingerprint density at radius 2 is 2.00 bits per heavy atom. The zero-order valence-electron chi connectivity index (χ0n) is 10.5. The summed E-state index contributed by atoms with van der Waals surface area (Å²) < 4.78 is 4.75. The molecule has 1 amide bonds. The maximum absolute atomic E-state index is 11.6. The topological polar surface area (TPSA) is 79.2 Å². The fourth-order valence-electron chi connectivity index (χ4n) is 1.25. The molecule has 1 aromatic rings. The fourth-order valence-corrected chi connectivity index (χ4v) is 1.86. The van der Waals surface area contributed by atoms with Crippen LogP contribution in [0.25, 0.3) is 0 Å². The largest absolute Gasteiger partial charge is 0.465 e. The second-order valence-corrected chi connectivity index (χ2v) is 4.52. The molecule has 0 saturated carbocycles. The van der Waals surface area contributed by atoms with Crippen molar-refractivity contribution in [3.63, 3.8) is 0 Å². The van der Waals surface area contributed by atoms with Crippen LogP contribution < -0.4 is 5.32 Å². The number of esters is 1. The number of nitrogens with zero attached hydrogens (tertiary/aromatic N) is 1. The van der Waals surface area contributed by atoms with Gasteiger partial charge in [-0.25, -0.2) is 0 Å². The lowest BCUT2D eigenvalue weighted by molar-refractivity contribution is -0.139. The van der Waals surface area contributed by atoms with Crippen LogP contribution >= 0.6 is 11.8 Å². The number of rotatable bonds is 6. The Kier molecular flexibility index (Phi) is 6.47. The molecule has 1 N–H and O–H groups in total. The van der Waals surface area contributed by atoms with Crippen molar-refractivity contribution in [2.24, 2.45) is 0 Å². The van der Waals surface area contributed by atoms with E-state index in [0.717, 1.165) is 0 Å². The molecule has 1 aromatic carbocycles. The second kappa shape index (κ2) is 8.16. The lowest BCUT2D eigenvalue weighted by Crippen LogP contribution is -2.16. The van der Waals surface area contributed by atoms with E-state index in [1.807, 2.05) is 6.07 Å². The Labute approximate surface area is 115 Å². The maximum atomic E-state index is 11.6. The molecule has 0 spiro atoms. The summed E-state index contributed by atoms with van der Waals surface area (Å²) in [6.45, 7) is 2.08. The number of anilines is 1. The van der Waals surface area contributed by atoms with Gasteiger partial charge in [0.25, 0.3) is 0 Å². The van der Waals surface area contributed by atoms with E-state index < -0.39 is 0 Å². The summed E-state index contributed by atoms with van der Waals surface area (Å²) in [5.74, 6) is -0.175. The molecule has 6 heteroatoms. The van der Waals surface area contributed by atoms with Crippen LogP contribution in [-0.4, -0.2) is 30.0 Å². The van der Waals surface area contributed by atoms with Crippen LogP contribution in [0, 0.1) is 11.3 Å². The molecule has 0 atom stereocenters. The highest BCUT2D eigenvalue weighted by atomic mass is 32.2. The van der Waals surface area contributed by atoms with Crippen molar-refractivity contribution >= 4 is 29.3 Å². The molecule has 19 heavy (non-hydrogen) atoms. The Morgan fingerprint density at radius 3 is 2.58 bits per heavy atom. The first kappa shape index (κ1) is 15.1. The van der Waals surface area contributed by atoms with Gasteiger partial charge < -0.3 is 10.1 Å². The van der Waals surface area contributed by atoms with Crippen molar-refractivity contribution in [2.75, 3.05) is 23.4 Å². The second-order valence-electron chi connectivity index (χ2n) is 3.54. The highest BCUT2D eigenvalue weighted by Gasteiger charge is 2.06. The third kappa shape index (κ3) is 5.93. The van der Waals surface area contributed by atoms with Gasteiger partial charge in [-0.1, -0.05) is 0 Å². The van der Waals surface area contributed by atoms with Gasteiger partial charge in [0, 0.05) is 5.69 Å². The molecule has 5 nitrogen and oxygen atoms in total. The molecule has 0 saturated heterocycles. The zero-order chi connectivity index (χ0) is 14.1. The Hall–Kier alpha value is -2.00. The summed E-state index contributed by atoms with van der Waals surface area (Å²) in [6, 6.07) is 8.57. The molecule has 0 aliphatic heterocycles. The van der Waals surface area contributed by atoms with Gasteiger partial charge in [0.05, 0.1) is 29.7 Å². The van der Waals surface area contributed by atoms with Gasteiger partial charge in [-0.3, -0.25) is 9.59 Å². The summed E-state index contributed by atoms with van der Waals surface area (Å²) in [5.41, 5.74) is 1.16. The number of nitriles is 1. The van der Waals surface area contributed by atoms with E-state index in [2.05, 4.69) is 5.32 Å². The number of thioether (sulfide) groups is 1. The van der Waals surface area contributed by atoms with Crippen molar-refractivity contribution in [2.45, 2.75) is 6.92 Å². The first-order valence-corrected chi connectivity index (χ1v) is 6.84. The van der Waals surface area contributed by atoms with Crippen LogP contribution in [0.15, 0.2) is 24.3 Å². The van der Waals surface area contributed by atoms with Crippen molar-refractivity contribution in [3.8, 4) is 6.07 Å². The lowest BCUT2D eigenvalue weighted by atomic mass is 10.2. The quantitative estimate of drug-likeness (QED) is 0.803. The molecule has 0 aliphatic carbocycles. The summed E-state index contributed by atoms with van der Waals surface area (Å²) in [6.07, 6.45) is 0. The van der Waals surface area contributed by atoms with Crippen molar-refractivity contribution in [1.29, 1.82) is 5.26 Å². The predicted octanol–water partition coefficient (Wildman–Crippen LogP) is 1.79. The number of hydrogen-bond acceptors (Lipinski definition) is 5. The molecule has 0 aliphatic rings. The van der Waals surface area contributed by atoms with Crippen LogP contribution in [0.5, 0.6) is 0 Å². The van der Waals surface area contributed by atoms with E-state index in [1.54, 1.807) is 31.2 Å². The molecule has 0 bridgehead atoms. The minimum Gasteiger partial charge on any atom is -0.465 e. The first-order chi connectivity index (χ1) is 9.15. The summed E-state index contributed by atoms with van der Waals surface area (Å²) >= 11 is 1.20. The predicted molar refractivity (Wildman–Crippen MR) is 73.7 cm³/mol. The van der Waals surface area contributed by atoms with Gasteiger partial charge in [0.2, 0.25) is 5.91 Å². The first-order valence-electron chi connectivity index (χ1n) is 5.69. The standard InChI is InChI=1S/C13H14N2O3S/c1-2-18-13(17)9-19-8-12(16)15-11-5-3-10(7-14)4-6-11/h3-6H,2,8-9H2,1H3,(H,15,16). The SMILES string of the molecule is CCOC(=O)CSCC(=O)Nc1ccc(C#N)cc1. The highest BCUT2D eigenvalue weighted by molar-refractivity contribution is 8.00. The summed E-state index contributed by atoms with van der Waals surface area (Å²) in [7, 11) is 0. The molecule has 100 valence electrons. The average Bonchev–Trinajstić information content (AvgIpc) is 2.40. The number of ether oxygens (including phenoxy) is 1. The van der Waals surface area contributed by atoms with E-state index in [4.69, 9.17) is 10.00 Å². The number of benzene rings is 1. The van der Waals surface area contributed by atoms with Gasteiger partial charge in [-0.2, -0.15) is 5.26 Å². The van der Waals surface area contributed by atoms with E-state index in [0.29, 0.717) is 17.9 Å². The van der Waals surface area contributed by atoms with Crippen LogP contribution in [0.2, 0.25) is 0 Å². The smallest absolute Gasteiger partial charge is 0.315 e. The monoisotopic (exact) mass is 278 g/mol. The number of carbonyl (C=O) groups is 2. The molecular formula is C13H14N2O3S. The number of hydrogen-bond donors (Lipinski definition) is 1. The third-order valence-electron chi connectivity index (χ3n) is 2.06. The number of carbonyl (C=O) groups excluding carboxylic acids is 2. The Balaban J connectivity index is 2.31. The summed E-state index contributed by atoms with van der Waals surface area (Å²) in [5, 5.41) is 11.3. The van der Waals surface area contributed by atoms with E-state index in [-0.39, 0.29) is 23.4 Å². The van der Waals surface area contributed by atoms with Gasteiger partial charge in [-0.05, 0) is 31.2 Å². The van der Waals surface area contributed by atoms with Crippen molar-refractivity contribution < 1.29 is 14.3 Å². The van der Waals surface area contributed by atoms with Crippen LogP contribution in [0.1, 0.15) is 12.5 Å². The van der Waals surface area contributed by atoms with E-state index in [9.17, 15) is 9.59 Å². The number of amides is 1. The average molecular weight is 278 g/mol. The Morgan fingerprint density at radius 1 is 1.32 bits per heavy atom. The Bertz CT molecular complexity index is 480. The minimum absolute atomic E-state index is 0.161. The van der Waals surface area contributed by atoms with Gasteiger partial charge in [0.15, 0.2) is 0 Å².